The van der Waals surface area contributed by atoms with Crippen LogP contribution in [0.2, 0.25) is 5.02 Å². The zero-order valence-corrected chi connectivity index (χ0v) is 17.5. The van der Waals surface area contributed by atoms with Crippen molar-refractivity contribution in [3.63, 3.8) is 0 Å². The number of anilines is 1. The van der Waals surface area contributed by atoms with Gasteiger partial charge >= 0.3 is 0 Å². The molecule has 31 heavy (non-hydrogen) atoms. The molecule has 9 nitrogen and oxygen atoms in total. The minimum absolute atomic E-state index is 0.0530. The minimum atomic E-state index is -0.603. The number of non-ortho nitro benzene ring substituents is 1. The van der Waals surface area contributed by atoms with Crippen LogP contribution in [0.25, 0.3) is 0 Å². The number of hydrogen-bond donors (Lipinski definition) is 2. The summed E-state index contributed by atoms with van der Waals surface area (Å²) >= 11 is 6.06. The van der Waals surface area contributed by atoms with Crippen molar-refractivity contribution in [3.8, 4) is 0 Å². The third-order valence-electron chi connectivity index (χ3n) is 4.70. The highest BCUT2D eigenvalue weighted by Crippen LogP contribution is 2.30. The van der Waals surface area contributed by atoms with Gasteiger partial charge in [0.15, 0.2) is 0 Å². The summed E-state index contributed by atoms with van der Waals surface area (Å²) in [6, 6.07) is 10.7. The van der Waals surface area contributed by atoms with E-state index in [2.05, 4.69) is 10.6 Å². The third-order valence-corrected chi connectivity index (χ3v) is 5.02. The van der Waals surface area contributed by atoms with Gasteiger partial charge in [-0.2, -0.15) is 0 Å². The van der Waals surface area contributed by atoms with Gasteiger partial charge in [0.25, 0.3) is 11.6 Å². The van der Waals surface area contributed by atoms with Crippen LogP contribution >= 0.6 is 11.6 Å². The molecule has 0 atom stereocenters. The lowest BCUT2D eigenvalue weighted by Gasteiger charge is -2.22. The predicted molar refractivity (Wildman–Crippen MR) is 115 cm³/mol. The van der Waals surface area contributed by atoms with Crippen molar-refractivity contribution in [2.75, 3.05) is 18.4 Å². The van der Waals surface area contributed by atoms with E-state index in [0.29, 0.717) is 5.69 Å². The van der Waals surface area contributed by atoms with Crippen molar-refractivity contribution in [1.29, 1.82) is 0 Å². The number of nitrogens with one attached hydrogen (secondary N) is 2. The summed E-state index contributed by atoms with van der Waals surface area (Å²) < 4.78 is 0. The van der Waals surface area contributed by atoms with Gasteiger partial charge in [-0.05, 0) is 43.5 Å². The van der Waals surface area contributed by atoms with Crippen LogP contribution in [-0.4, -0.2) is 46.7 Å². The lowest BCUT2D eigenvalue weighted by atomic mass is 10.1. The first kappa shape index (κ1) is 22.2. The van der Waals surface area contributed by atoms with Crippen molar-refractivity contribution >= 4 is 40.7 Å². The number of amides is 3. The van der Waals surface area contributed by atoms with Gasteiger partial charge in [0.2, 0.25) is 11.8 Å². The van der Waals surface area contributed by atoms with Gasteiger partial charge in [0, 0.05) is 23.9 Å². The molecule has 2 aromatic carbocycles. The number of carbonyl (C=O) groups excluding carboxylic acids is 3. The highest BCUT2D eigenvalue weighted by atomic mass is 35.5. The summed E-state index contributed by atoms with van der Waals surface area (Å²) in [6.45, 7) is 1.42. The van der Waals surface area contributed by atoms with E-state index in [1.165, 1.54) is 17.0 Å². The molecule has 0 heterocycles. The van der Waals surface area contributed by atoms with Crippen LogP contribution < -0.4 is 10.6 Å². The molecule has 1 aliphatic rings. The summed E-state index contributed by atoms with van der Waals surface area (Å²) in [7, 11) is 0. The number of rotatable bonds is 8. The van der Waals surface area contributed by atoms with Gasteiger partial charge < -0.3 is 15.5 Å². The van der Waals surface area contributed by atoms with Gasteiger partial charge in [-0.15, -0.1) is 0 Å². The average Bonchev–Trinajstić information content (AvgIpc) is 3.55. The largest absolute Gasteiger partial charge is 0.345 e. The second-order valence-corrected chi connectivity index (χ2v) is 7.69. The summed E-state index contributed by atoms with van der Waals surface area (Å²) in [5.74, 6) is -1.36. The molecule has 10 heteroatoms. The number of carbonyl (C=O) groups is 3. The average molecular weight is 445 g/mol. The van der Waals surface area contributed by atoms with Crippen LogP contribution in [0, 0.1) is 17.0 Å². The molecule has 0 aromatic heterocycles. The van der Waals surface area contributed by atoms with Crippen LogP contribution in [0.1, 0.15) is 28.8 Å². The summed E-state index contributed by atoms with van der Waals surface area (Å²) in [5.41, 5.74) is 1.48. The van der Waals surface area contributed by atoms with E-state index in [1.807, 2.05) is 19.1 Å². The monoisotopic (exact) mass is 444 g/mol. The smallest absolute Gasteiger partial charge is 0.270 e. The Kier molecular flexibility index (Phi) is 6.86. The Morgan fingerprint density at radius 2 is 1.90 bits per heavy atom. The Morgan fingerprint density at radius 3 is 2.52 bits per heavy atom. The second-order valence-electron chi connectivity index (χ2n) is 7.28. The van der Waals surface area contributed by atoms with E-state index in [0.717, 1.165) is 24.5 Å². The molecular formula is C21H21ClN4O5. The van der Waals surface area contributed by atoms with Crippen LogP contribution in [0.5, 0.6) is 0 Å². The fourth-order valence-electron chi connectivity index (χ4n) is 3.02. The van der Waals surface area contributed by atoms with E-state index in [1.54, 1.807) is 12.1 Å². The topological polar surface area (TPSA) is 122 Å². The number of benzene rings is 2. The first-order valence-electron chi connectivity index (χ1n) is 9.62. The van der Waals surface area contributed by atoms with Gasteiger partial charge in [0.1, 0.15) is 6.54 Å². The van der Waals surface area contributed by atoms with Crippen molar-refractivity contribution in [3.05, 3.63) is 68.7 Å². The number of aryl methyl sites for hydroxylation is 1. The zero-order valence-electron chi connectivity index (χ0n) is 16.8. The van der Waals surface area contributed by atoms with Crippen molar-refractivity contribution in [1.82, 2.24) is 10.2 Å². The molecule has 0 saturated heterocycles. The summed E-state index contributed by atoms with van der Waals surface area (Å²) in [6.07, 6.45) is 1.49. The Bertz CT molecular complexity index is 1040. The molecule has 0 radical (unpaired) electrons. The fraction of sp³-hybridized carbons (Fsp3) is 0.286. The van der Waals surface area contributed by atoms with E-state index in [9.17, 15) is 24.5 Å². The maximum absolute atomic E-state index is 12.9. The number of nitro benzene ring substituents is 1. The van der Waals surface area contributed by atoms with Gasteiger partial charge in [-0.25, -0.2) is 0 Å². The molecule has 0 spiro atoms. The standard InChI is InChI=1S/C21H21ClN4O5/c1-13-3-2-4-14(9-13)24-19(27)11-23-20(28)12-25(15-5-6-15)21(29)17-8-7-16(26(30)31)10-18(17)22/h2-4,7-10,15H,5-6,11-12H2,1H3,(H,23,28)(H,24,27). The highest BCUT2D eigenvalue weighted by molar-refractivity contribution is 6.34. The molecule has 1 fully saturated rings. The van der Waals surface area contributed by atoms with Crippen LogP contribution in [-0.2, 0) is 9.59 Å². The highest BCUT2D eigenvalue weighted by Gasteiger charge is 2.35. The number of hydrogen-bond acceptors (Lipinski definition) is 5. The molecule has 162 valence electrons. The van der Waals surface area contributed by atoms with E-state index >= 15 is 0 Å². The predicted octanol–water partition coefficient (Wildman–Crippen LogP) is 2.92. The summed E-state index contributed by atoms with van der Waals surface area (Å²) in [5, 5.41) is 16.0. The fourth-order valence-corrected chi connectivity index (χ4v) is 3.27. The lowest BCUT2D eigenvalue weighted by Crippen LogP contribution is -2.44. The molecule has 2 N–H and O–H groups in total. The molecule has 1 aliphatic carbocycles. The normalized spacial score (nSPS) is 12.7. The quantitative estimate of drug-likeness (QED) is 0.479. The zero-order chi connectivity index (χ0) is 22.5. The van der Waals surface area contributed by atoms with Crippen molar-refractivity contribution < 1.29 is 19.3 Å². The first-order valence-corrected chi connectivity index (χ1v) is 10.0. The Morgan fingerprint density at radius 1 is 1.16 bits per heavy atom. The molecule has 2 aromatic rings. The van der Waals surface area contributed by atoms with Crippen molar-refractivity contribution in [2.24, 2.45) is 0 Å². The first-order chi connectivity index (χ1) is 14.7. The molecule has 0 aliphatic heterocycles. The second kappa shape index (κ2) is 9.57. The molecular weight excluding hydrogens is 424 g/mol. The van der Waals surface area contributed by atoms with E-state index < -0.39 is 16.7 Å². The molecule has 0 bridgehead atoms. The van der Waals surface area contributed by atoms with Crippen LogP contribution in [0.4, 0.5) is 11.4 Å². The molecule has 1 saturated carbocycles. The summed E-state index contributed by atoms with van der Waals surface area (Å²) in [4.78, 5) is 48.9. The number of halogens is 1. The minimum Gasteiger partial charge on any atom is -0.345 e. The molecule has 0 unspecified atom stereocenters. The third kappa shape index (κ3) is 6.02. The molecule has 3 amide bonds. The van der Waals surface area contributed by atoms with Crippen molar-refractivity contribution in [2.45, 2.75) is 25.8 Å². The number of nitrogens with zero attached hydrogens (tertiary/aromatic N) is 2. The Hall–Kier alpha value is -3.46. The SMILES string of the molecule is Cc1cccc(NC(=O)CNC(=O)CN(C(=O)c2ccc([N+](=O)[O-])cc2Cl)C2CC2)c1. The van der Waals surface area contributed by atoms with Crippen LogP contribution in [0.3, 0.4) is 0 Å². The Balaban J connectivity index is 1.58. The van der Waals surface area contributed by atoms with Gasteiger partial charge in [-0.1, -0.05) is 23.7 Å². The van der Waals surface area contributed by atoms with Gasteiger partial charge in [-0.3, -0.25) is 24.5 Å². The van der Waals surface area contributed by atoms with E-state index in [4.69, 9.17) is 11.6 Å². The maximum Gasteiger partial charge on any atom is 0.270 e. The van der Waals surface area contributed by atoms with E-state index in [-0.39, 0.29) is 41.3 Å². The maximum atomic E-state index is 12.9. The van der Waals surface area contributed by atoms with Gasteiger partial charge in [0.05, 0.1) is 22.1 Å². The van der Waals surface area contributed by atoms with Crippen LogP contribution in [0.15, 0.2) is 42.5 Å². The Labute approximate surface area is 183 Å². The lowest BCUT2D eigenvalue weighted by molar-refractivity contribution is -0.384. The molecule has 3 rings (SSSR count). The number of nitro groups is 1.